The smallest absolute Gasteiger partial charge is 0.303 e. The zero-order valence-electron chi connectivity index (χ0n) is 9.23. The number of benzene rings is 1. The highest BCUT2D eigenvalue weighted by atomic mass is 16.4. The monoisotopic (exact) mass is 220 g/mol. The van der Waals surface area contributed by atoms with Crippen LogP contribution in [0.3, 0.4) is 0 Å². The van der Waals surface area contributed by atoms with Crippen LogP contribution in [0.25, 0.3) is 10.9 Å². The Kier molecular flexibility index (Phi) is 3.68. The first-order valence-electron chi connectivity index (χ1n) is 4.96. The summed E-state index contributed by atoms with van der Waals surface area (Å²) >= 11 is 0. The van der Waals surface area contributed by atoms with E-state index in [4.69, 9.17) is 5.11 Å². The summed E-state index contributed by atoms with van der Waals surface area (Å²) in [5.74, 6) is -0.716. The minimum absolute atomic E-state index is 0. The molecule has 1 aromatic heterocycles. The third kappa shape index (κ3) is 2.23. The van der Waals surface area contributed by atoms with Crippen molar-refractivity contribution < 1.29 is 9.90 Å². The molecular weight excluding hydrogens is 204 g/mol. The Morgan fingerprint density at radius 3 is 2.81 bits per heavy atom. The predicted octanol–water partition coefficient (Wildman–Crippen LogP) is 2.91. The van der Waals surface area contributed by atoms with Gasteiger partial charge in [-0.2, -0.15) is 0 Å². The van der Waals surface area contributed by atoms with Gasteiger partial charge in [-0.3, -0.25) is 4.79 Å². The third-order valence-electron chi connectivity index (χ3n) is 2.63. The van der Waals surface area contributed by atoms with Gasteiger partial charge in [0, 0.05) is 17.1 Å². The van der Waals surface area contributed by atoms with Gasteiger partial charge in [-0.1, -0.05) is 25.1 Å². The fraction of sp³-hybridized carbons (Fsp3) is 0.250. The molecule has 0 fully saturated rings. The van der Waals surface area contributed by atoms with Gasteiger partial charge >= 0.3 is 5.97 Å². The first kappa shape index (κ1) is 12.3. The van der Waals surface area contributed by atoms with Crippen LogP contribution in [0.5, 0.6) is 0 Å². The van der Waals surface area contributed by atoms with Crippen LogP contribution in [0.4, 0.5) is 0 Å². The molecule has 86 valence electrons. The van der Waals surface area contributed by atoms with Crippen molar-refractivity contribution in [2.75, 3.05) is 0 Å². The number of aromatic nitrogens is 1. The third-order valence-corrected chi connectivity index (χ3v) is 2.63. The maximum Gasteiger partial charge on any atom is 0.303 e. The number of fused-ring (bicyclic) bond motifs is 1. The number of rotatable bonds is 3. The van der Waals surface area contributed by atoms with Gasteiger partial charge in [-0.25, -0.2) is 0 Å². The zero-order valence-corrected chi connectivity index (χ0v) is 9.23. The molecule has 0 aliphatic heterocycles. The first-order valence-corrected chi connectivity index (χ1v) is 4.96. The average molecular weight is 220 g/mol. The topological polar surface area (TPSA) is 88.1 Å². The lowest BCUT2D eigenvalue weighted by molar-refractivity contribution is -0.137. The summed E-state index contributed by atoms with van der Waals surface area (Å²) in [4.78, 5) is 13.8. The summed E-state index contributed by atoms with van der Waals surface area (Å²) < 4.78 is 0. The van der Waals surface area contributed by atoms with E-state index in [0.717, 1.165) is 16.5 Å². The Morgan fingerprint density at radius 1 is 1.44 bits per heavy atom. The van der Waals surface area contributed by atoms with Crippen molar-refractivity contribution in [3.8, 4) is 0 Å². The van der Waals surface area contributed by atoms with Crippen LogP contribution in [-0.2, 0) is 4.79 Å². The van der Waals surface area contributed by atoms with Gasteiger partial charge in [-0.15, -0.1) is 0 Å². The van der Waals surface area contributed by atoms with E-state index in [2.05, 4.69) is 4.98 Å². The number of carboxylic acids is 1. The lowest BCUT2D eigenvalue weighted by Crippen LogP contribution is -2.02. The minimum Gasteiger partial charge on any atom is -0.481 e. The van der Waals surface area contributed by atoms with Crippen molar-refractivity contribution >= 4 is 16.9 Å². The standard InChI is InChI=1S/C12H13NO2.H3N/c1-8(6-12(14)15)10-7-13-11-5-3-2-4-9(10)11;/h2-5,7-8,13H,6H2,1H3,(H,14,15);1H3. The highest BCUT2D eigenvalue weighted by molar-refractivity contribution is 5.84. The van der Waals surface area contributed by atoms with Crippen LogP contribution in [0.15, 0.2) is 30.5 Å². The van der Waals surface area contributed by atoms with Crippen LogP contribution < -0.4 is 6.15 Å². The van der Waals surface area contributed by atoms with Gasteiger partial charge in [0.2, 0.25) is 0 Å². The van der Waals surface area contributed by atoms with Crippen LogP contribution in [0, 0.1) is 0 Å². The Bertz CT molecular complexity index is 490. The Balaban J connectivity index is 0.00000128. The van der Waals surface area contributed by atoms with Gasteiger partial charge in [0.15, 0.2) is 0 Å². The number of carbonyl (C=O) groups is 1. The number of para-hydroxylation sites is 1. The first-order chi connectivity index (χ1) is 7.18. The summed E-state index contributed by atoms with van der Waals surface area (Å²) in [6.45, 7) is 1.93. The minimum atomic E-state index is -0.757. The van der Waals surface area contributed by atoms with Crippen molar-refractivity contribution in [3.05, 3.63) is 36.0 Å². The van der Waals surface area contributed by atoms with Crippen LogP contribution in [0.1, 0.15) is 24.8 Å². The normalized spacial score (nSPS) is 12.1. The molecule has 4 heteroatoms. The highest BCUT2D eigenvalue weighted by Gasteiger charge is 2.13. The van der Waals surface area contributed by atoms with Gasteiger partial charge in [0.05, 0.1) is 6.42 Å². The van der Waals surface area contributed by atoms with E-state index in [9.17, 15) is 4.79 Å². The van der Waals surface area contributed by atoms with Crippen molar-refractivity contribution in [3.63, 3.8) is 0 Å². The molecule has 5 N–H and O–H groups in total. The maximum absolute atomic E-state index is 10.6. The molecular formula is C12H16N2O2. The Labute approximate surface area is 93.9 Å². The molecule has 4 nitrogen and oxygen atoms in total. The van der Waals surface area contributed by atoms with E-state index in [-0.39, 0.29) is 18.5 Å². The molecule has 2 aromatic rings. The van der Waals surface area contributed by atoms with Crippen LogP contribution >= 0.6 is 0 Å². The molecule has 0 aliphatic rings. The molecule has 0 aliphatic carbocycles. The number of aliphatic carboxylic acids is 1. The predicted molar refractivity (Wildman–Crippen MR) is 64.0 cm³/mol. The fourth-order valence-corrected chi connectivity index (χ4v) is 1.87. The summed E-state index contributed by atoms with van der Waals surface area (Å²) in [7, 11) is 0. The van der Waals surface area contributed by atoms with Crippen LogP contribution in [-0.4, -0.2) is 16.1 Å². The zero-order chi connectivity index (χ0) is 10.8. The van der Waals surface area contributed by atoms with Crippen molar-refractivity contribution in [1.29, 1.82) is 0 Å². The summed E-state index contributed by atoms with van der Waals surface area (Å²) in [6, 6.07) is 7.93. The molecule has 1 heterocycles. The van der Waals surface area contributed by atoms with Crippen molar-refractivity contribution in [2.45, 2.75) is 19.3 Å². The fourth-order valence-electron chi connectivity index (χ4n) is 1.87. The van der Waals surface area contributed by atoms with E-state index in [1.54, 1.807) is 0 Å². The van der Waals surface area contributed by atoms with E-state index in [1.165, 1.54) is 0 Å². The number of nitrogens with one attached hydrogen (secondary N) is 1. The maximum atomic E-state index is 10.6. The second-order valence-corrected chi connectivity index (χ2v) is 3.79. The molecule has 1 atom stereocenters. The molecule has 2 rings (SSSR count). The van der Waals surface area contributed by atoms with Gasteiger partial charge in [0.25, 0.3) is 0 Å². The largest absolute Gasteiger partial charge is 0.481 e. The summed E-state index contributed by atoms with van der Waals surface area (Å²) in [6.07, 6.45) is 2.07. The van der Waals surface area contributed by atoms with Crippen molar-refractivity contribution in [1.82, 2.24) is 11.1 Å². The van der Waals surface area contributed by atoms with Gasteiger partial charge < -0.3 is 16.2 Å². The van der Waals surface area contributed by atoms with Gasteiger partial charge in [-0.05, 0) is 17.5 Å². The average Bonchev–Trinajstić information content (AvgIpc) is 2.59. The number of hydrogen-bond donors (Lipinski definition) is 3. The van der Waals surface area contributed by atoms with E-state index in [0.29, 0.717) is 0 Å². The Hall–Kier alpha value is -1.81. The van der Waals surface area contributed by atoms with E-state index < -0.39 is 5.97 Å². The number of H-pyrrole nitrogens is 1. The second kappa shape index (κ2) is 4.81. The molecule has 0 spiro atoms. The lowest BCUT2D eigenvalue weighted by atomic mass is 9.97. The Morgan fingerprint density at radius 2 is 2.12 bits per heavy atom. The van der Waals surface area contributed by atoms with E-state index >= 15 is 0 Å². The molecule has 16 heavy (non-hydrogen) atoms. The molecule has 0 radical (unpaired) electrons. The second-order valence-electron chi connectivity index (χ2n) is 3.79. The molecule has 0 saturated heterocycles. The molecule has 0 amide bonds. The number of aromatic amines is 1. The van der Waals surface area contributed by atoms with Crippen LogP contribution in [0.2, 0.25) is 0 Å². The van der Waals surface area contributed by atoms with Crippen molar-refractivity contribution in [2.24, 2.45) is 0 Å². The quantitative estimate of drug-likeness (QED) is 0.743. The van der Waals surface area contributed by atoms with E-state index in [1.807, 2.05) is 37.4 Å². The summed E-state index contributed by atoms with van der Waals surface area (Å²) in [5, 5.41) is 9.86. The number of hydrogen-bond acceptors (Lipinski definition) is 2. The SMILES string of the molecule is CC(CC(=O)O)c1c[nH]c2ccccc12.N. The number of carboxylic acid groups (broad SMARTS) is 1. The summed E-state index contributed by atoms with van der Waals surface area (Å²) in [5.41, 5.74) is 2.14. The lowest BCUT2D eigenvalue weighted by Gasteiger charge is -2.06. The molecule has 0 bridgehead atoms. The molecule has 1 unspecified atom stereocenters. The molecule has 0 saturated carbocycles. The highest BCUT2D eigenvalue weighted by Crippen LogP contribution is 2.27. The molecule has 1 aromatic carbocycles. The van der Waals surface area contributed by atoms with Gasteiger partial charge in [0.1, 0.15) is 0 Å².